The van der Waals surface area contributed by atoms with Crippen LogP contribution in [0.2, 0.25) is 0 Å². The number of anilines is 1. The fraction of sp³-hybridized carbons (Fsp3) is 0.333. The zero-order valence-electron chi connectivity index (χ0n) is 11.8. The lowest BCUT2D eigenvalue weighted by atomic mass is 10.2. The van der Waals surface area contributed by atoms with Gasteiger partial charge in [-0.05, 0) is 25.0 Å². The molecule has 5 heteroatoms. The number of thiazole rings is 1. The SMILES string of the molecule is CCOc1ccccc1C(=O)Nc1nc(C(C)C)cs1. The molecule has 1 heterocycles. The molecular formula is C15H18N2O2S. The summed E-state index contributed by atoms with van der Waals surface area (Å²) in [6.07, 6.45) is 0. The lowest BCUT2D eigenvalue weighted by Gasteiger charge is -2.09. The second kappa shape index (κ2) is 6.52. The third-order valence-electron chi connectivity index (χ3n) is 2.77. The van der Waals surface area contributed by atoms with E-state index in [2.05, 4.69) is 24.1 Å². The Bertz CT molecular complexity index is 593. The first-order valence-corrected chi connectivity index (χ1v) is 7.48. The summed E-state index contributed by atoms with van der Waals surface area (Å²) in [5.41, 5.74) is 1.51. The first kappa shape index (κ1) is 14.5. The number of carbonyl (C=O) groups excluding carboxylic acids is 1. The number of benzene rings is 1. The molecule has 0 aliphatic rings. The Morgan fingerprint density at radius 3 is 2.80 bits per heavy atom. The molecule has 0 bridgehead atoms. The Labute approximate surface area is 122 Å². The molecule has 0 aliphatic carbocycles. The maximum atomic E-state index is 12.3. The zero-order chi connectivity index (χ0) is 14.5. The number of nitrogens with one attached hydrogen (secondary N) is 1. The molecule has 1 aromatic carbocycles. The average Bonchev–Trinajstić information content (AvgIpc) is 2.88. The summed E-state index contributed by atoms with van der Waals surface area (Å²) in [5, 5.41) is 5.40. The Morgan fingerprint density at radius 1 is 1.40 bits per heavy atom. The smallest absolute Gasteiger partial charge is 0.261 e. The fourth-order valence-electron chi connectivity index (χ4n) is 1.71. The van der Waals surface area contributed by atoms with Gasteiger partial charge in [-0.15, -0.1) is 11.3 Å². The van der Waals surface area contributed by atoms with E-state index in [9.17, 15) is 4.79 Å². The number of amides is 1. The highest BCUT2D eigenvalue weighted by atomic mass is 32.1. The van der Waals surface area contributed by atoms with Gasteiger partial charge in [-0.25, -0.2) is 4.98 Å². The summed E-state index contributed by atoms with van der Waals surface area (Å²) in [4.78, 5) is 16.7. The summed E-state index contributed by atoms with van der Waals surface area (Å²) >= 11 is 1.44. The molecule has 2 rings (SSSR count). The van der Waals surface area contributed by atoms with E-state index in [0.29, 0.717) is 29.0 Å². The molecule has 0 saturated carbocycles. The van der Waals surface area contributed by atoms with Crippen LogP contribution in [0.4, 0.5) is 5.13 Å². The summed E-state index contributed by atoms with van der Waals surface area (Å²) in [6, 6.07) is 7.21. The monoisotopic (exact) mass is 290 g/mol. The fourth-order valence-corrected chi connectivity index (χ4v) is 2.58. The van der Waals surface area contributed by atoms with Crippen LogP contribution in [-0.2, 0) is 0 Å². The van der Waals surface area contributed by atoms with Gasteiger partial charge in [0.25, 0.3) is 5.91 Å². The van der Waals surface area contributed by atoms with Crippen LogP contribution in [0.3, 0.4) is 0 Å². The molecule has 106 valence electrons. The van der Waals surface area contributed by atoms with Gasteiger partial charge in [0.1, 0.15) is 5.75 Å². The van der Waals surface area contributed by atoms with Gasteiger partial charge in [0.15, 0.2) is 5.13 Å². The molecule has 1 aromatic heterocycles. The number of ether oxygens (including phenoxy) is 1. The van der Waals surface area contributed by atoms with Crippen molar-refractivity contribution in [3.63, 3.8) is 0 Å². The number of rotatable bonds is 5. The Kier molecular flexibility index (Phi) is 4.74. The van der Waals surface area contributed by atoms with E-state index in [-0.39, 0.29) is 5.91 Å². The minimum atomic E-state index is -0.196. The molecule has 4 nitrogen and oxygen atoms in total. The molecular weight excluding hydrogens is 272 g/mol. The minimum Gasteiger partial charge on any atom is -0.493 e. The van der Waals surface area contributed by atoms with Crippen LogP contribution in [0, 0.1) is 0 Å². The molecule has 0 radical (unpaired) electrons. The quantitative estimate of drug-likeness (QED) is 0.908. The zero-order valence-corrected chi connectivity index (χ0v) is 12.7. The van der Waals surface area contributed by atoms with Gasteiger partial charge in [-0.2, -0.15) is 0 Å². The number of hydrogen-bond acceptors (Lipinski definition) is 4. The van der Waals surface area contributed by atoms with Crippen molar-refractivity contribution in [2.24, 2.45) is 0 Å². The Hall–Kier alpha value is -1.88. The van der Waals surface area contributed by atoms with E-state index in [1.54, 1.807) is 12.1 Å². The van der Waals surface area contributed by atoms with Crippen LogP contribution in [0.5, 0.6) is 5.75 Å². The number of nitrogens with zero attached hydrogens (tertiary/aromatic N) is 1. The lowest BCUT2D eigenvalue weighted by molar-refractivity contribution is 0.102. The Balaban J connectivity index is 2.15. The molecule has 2 aromatic rings. The highest BCUT2D eigenvalue weighted by Crippen LogP contribution is 2.24. The molecule has 0 spiro atoms. The van der Waals surface area contributed by atoms with E-state index < -0.39 is 0 Å². The Morgan fingerprint density at radius 2 is 2.15 bits per heavy atom. The van der Waals surface area contributed by atoms with E-state index in [1.807, 2.05) is 24.4 Å². The minimum absolute atomic E-state index is 0.196. The highest BCUT2D eigenvalue weighted by molar-refractivity contribution is 7.14. The number of para-hydroxylation sites is 1. The summed E-state index contributed by atoms with van der Waals surface area (Å²) in [6.45, 7) is 6.57. The van der Waals surface area contributed by atoms with Crippen molar-refractivity contribution < 1.29 is 9.53 Å². The third-order valence-corrected chi connectivity index (χ3v) is 3.54. The highest BCUT2D eigenvalue weighted by Gasteiger charge is 2.14. The normalized spacial score (nSPS) is 10.6. The van der Waals surface area contributed by atoms with E-state index in [4.69, 9.17) is 4.74 Å². The van der Waals surface area contributed by atoms with Gasteiger partial charge in [0, 0.05) is 5.38 Å². The lowest BCUT2D eigenvalue weighted by Crippen LogP contribution is -2.13. The van der Waals surface area contributed by atoms with Gasteiger partial charge in [0.2, 0.25) is 0 Å². The van der Waals surface area contributed by atoms with Crippen molar-refractivity contribution in [2.45, 2.75) is 26.7 Å². The topological polar surface area (TPSA) is 51.2 Å². The second-order valence-corrected chi connectivity index (χ2v) is 5.47. The number of hydrogen-bond donors (Lipinski definition) is 1. The summed E-state index contributed by atoms with van der Waals surface area (Å²) < 4.78 is 5.46. The first-order chi connectivity index (χ1) is 9.61. The molecule has 0 unspecified atom stereocenters. The van der Waals surface area contributed by atoms with Crippen molar-refractivity contribution in [1.82, 2.24) is 4.98 Å². The van der Waals surface area contributed by atoms with Gasteiger partial charge in [-0.3, -0.25) is 10.1 Å². The predicted octanol–water partition coefficient (Wildman–Crippen LogP) is 3.92. The van der Waals surface area contributed by atoms with Crippen molar-refractivity contribution in [3.8, 4) is 5.75 Å². The number of aromatic nitrogens is 1. The van der Waals surface area contributed by atoms with Gasteiger partial charge in [-0.1, -0.05) is 26.0 Å². The molecule has 0 saturated heterocycles. The standard InChI is InChI=1S/C15H18N2O2S/c1-4-19-13-8-6-5-7-11(13)14(18)17-15-16-12(9-20-15)10(2)3/h5-10H,4H2,1-3H3,(H,16,17,18). The van der Waals surface area contributed by atoms with Gasteiger partial charge < -0.3 is 4.74 Å². The third kappa shape index (κ3) is 3.36. The van der Waals surface area contributed by atoms with Crippen molar-refractivity contribution >= 4 is 22.4 Å². The summed E-state index contributed by atoms with van der Waals surface area (Å²) in [7, 11) is 0. The average molecular weight is 290 g/mol. The van der Waals surface area contributed by atoms with E-state index in [1.165, 1.54) is 11.3 Å². The molecule has 0 fully saturated rings. The second-order valence-electron chi connectivity index (χ2n) is 4.62. The maximum Gasteiger partial charge on any atom is 0.261 e. The molecule has 20 heavy (non-hydrogen) atoms. The molecule has 1 amide bonds. The molecule has 0 atom stereocenters. The van der Waals surface area contributed by atoms with Crippen LogP contribution in [0.1, 0.15) is 42.7 Å². The molecule has 1 N–H and O–H groups in total. The van der Waals surface area contributed by atoms with Crippen LogP contribution in [0.25, 0.3) is 0 Å². The van der Waals surface area contributed by atoms with Crippen LogP contribution in [0.15, 0.2) is 29.6 Å². The van der Waals surface area contributed by atoms with Crippen molar-refractivity contribution in [3.05, 3.63) is 40.9 Å². The van der Waals surface area contributed by atoms with Gasteiger partial charge >= 0.3 is 0 Å². The first-order valence-electron chi connectivity index (χ1n) is 6.60. The predicted molar refractivity (Wildman–Crippen MR) is 81.8 cm³/mol. The van der Waals surface area contributed by atoms with Crippen LogP contribution in [-0.4, -0.2) is 17.5 Å². The van der Waals surface area contributed by atoms with E-state index >= 15 is 0 Å². The van der Waals surface area contributed by atoms with Crippen molar-refractivity contribution in [2.75, 3.05) is 11.9 Å². The van der Waals surface area contributed by atoms with Gasteiger partial charge in [0.05, 0.1) is 17.9 Å². The summed E-state index contributed by atoms with van der Waals surface area (Å²) in [5.74, 6) is 0.749. The maximum absolute atomic E-state index is 12.3. The van der Waals surface area contributed by atoms with Crippen LogP contribution >= 0.6 is 11.3 Å². The largest absolute Gasteiger partial charge is 0.493 e. The van der Waals surface area contributed by atoms with Crippen LogP contribution < -0.4 is 10.1 Å². The van der Waals surface area contributed by atoms with E-state index in [0.717, 1.165) is 5.69 Å². The van der Waals surface area contributed by atoms with Crippen molar-refractivity contribution in [1.29, 1.82) is 0 Å². The number of carbonyl (C=O) groups is 1. The molecule has 0 aliphatic heterocycles.